The molecule has 0 saturated heterocycles. The first-order valence-corrected chi connectivity index (χ1v) is 7.12. The first kappa shape index (κ1) is 12.5. The zero-order valence-electron chi connectivity index (χ0n) is 11.7. The van der Waals surface area contributed by atoms with Crippen LogP contribution in [0.5, 0.6) is 5.88 Å². The third-order valence-electron chi connectivity index (χ3n) is 4.27. The SMILES string of the molecule is Oc1c2ccccc2c2n1[B-](F)(F)[N+]1=c3ccccc3=NC1=N2. The number of para-hydroxylation sites is 2. The van der Waals surface area contributed by atoms with Gasteiger partial charge in [-0.15, -0.1) is 0 Å². The Bertz CT molecular complexity index is 1170. The van der Waals surface area contributed by atoms with Crippen molar-refractivity contribution >= 4 is 29.5 Å². The van der Waals surface area contributed by atoms with Crippen LogP contribution in [0.15, 0.2) is 58.5 Å². The maximum atomic E-state index is 15.2. The average molecular weight is 310 g/mol. The molecule has 0 fully saturated rings. The van der Waals surface area contributed by atoms with E-state index in [1.807, 2.05) is 0 Å². The van der Waals surface area contributed by atoms with E-state index in [1.165, 1.54) is 0 Å². The number of halogens is 2. The van der Waals surface area contributed by atoms with Crippen LogP contribution in [0.2, 0.25) is 0 Å². The highest BCUT2D eigenvalue weighted by Crippen LogP contribution is 2.42. The topological polar surface area (TPSA) is 52.9 Å². The summed E-state index contributed by atoms with van der Waals surface area (Å²) in [5.74, 6) is -0.495. The number of hydrogen-bond acceptors (Lipinski definition) is 3. The molecule has 0 radical (unpaired) electrons. The summed E-state index contributed by atoms with van der Waals surface area (Å²) in [7, 11) is 0. The van der Waals surface area contributed by atoms with Gasteiger partial charge in [0, 0.05) is 10.8 Å². The van der Waals surface area contributed by atoms with Crippen molar-refractivity contribution in [3.05, 3.63) is 59.2 Å². The standard InChI is InChI=1S/C15H9BF2N4O/c17-16(18)21-12-8-4-3-7-11(12)19-15(21)20-13-9-5-1-2-6-10(9)14(23)22(13)16/h1-8,23H. The molecule has 23 heavy (non-hydrogen) atoms. The highest BCUT2D eigenvalue weighted by molar-refractivity contribution is 6.67. The number of hydrogen-bond donors (Lipinski definition) is 1. The molecule has 2 aliphatic rings. The van der Waals surface area contributed by atoms with Crippen LogP contribution in [0.3, 0.4) is 0 Å². The van der Waals surface area contributed by atoms with Gasteiger partial charge in [-0.1, -0.05) is 34.3 Å². The van der Waals surface area contributed by atoms with Gasteiger partial charge in [0.25, 0.3) is 0 Å². The Hall–Kier alpha value is -3.03. The zero-order valence-corrected chi connectivity index (χ0v) is 11.7. The number of rotatable bonds is 0. The molecule has 0 bridgehead atoms. The number of benzene rings is 2. The summed E-state index contributed by atoms with van der Waals surface area (Å²) in [6.45, 7) is -4.29. The molecule has 0 unspecified atom stereocenters. The molecule has 112 valence electrons. The molecule has 3 aromatic rings. The Morgan fingerprint density at radius 1 is 0.957 bits per heavy atom. The van der Waals surface area contributed by atoms with Crippen molar-refractivity contribution < 1.29 is 13.7 Å². The van der Waals surface area contributed by atoms with Crippen molar-refractivity contribution in [2.75, 3.05) is 0 Å². The van der Waals surface area contributed by atoms with E-state index in [-0.39, 0.29) is 11.8 Å². The summed E-state index contributed by atoms with van der Waals surface area (Å²) in [6.07, 6.45) is 0. The highest BCUT2D eigenvalue weighted by Gasteiger charge is 2.49. The van der Waals surface area contributed by atoms with Gasteiger partial charge in [0.2, 0.25) is 0 Å². The zero-order chi connectivity index (χ0) is 15.8. The molecule has 0 saturated carbocycles. The second-order valence-electron chi connectivity index (χ2n) is 5.53. The maximum absolute atomic E-state index is 15.2. The molecule has 0 amide bonds. The monoisotopic (exact) mass is 310 g/mol. The van der Waals surface area contributed by atoms with E-state index in [9.17, 15) is 5.11 Å². The predicted molar refractivity (Wildman–Crippen MR) is 82.5 cm³/mol. The predicted octanol–water partition coefficient (Wildman–Crippen LogP) is 1.40. The Kier molecular flexibility index (Phi) is 2.09. The van der Waals surface area contributed by atoms with Gasteiger partial charge in [-0.2, -0.15) is 0 Å². The van der Waals surface area contributed by atoms with E-state index >= 15 is 8.63 Å². The molecule has 1 N–H and O–H groups in total. The molecule has 0 atom stereocenters. The first-order valence-electron chi connectivity index (χ1n) is 7.12. The molecule has 0 aliphatic carbocycles. The highest BCUT2D eigenvalue weighted by atomic mass is 19.2. The summed E-state index contributed by atoms with van der Waals surface area (Å²) in [4.78, 5) is 8.48. The third-order valence-corrected chi connectivity index (χ3v) is 4.27. The molecule has 1 aromatic heterocycles. The number of aliphatic imine (C=N–C) groups is 1. The first-order chi connectivity index (χ1) is 11.1. The second-order valence-corrected chi connectivity index (χ2v) is 5.53. The quantitative estimate of drug-likeness (QED) is 0.627. The molecule has 0 spiro atoms. The molecule has 2 aliphatic heterocycles. The summed E-state index contributed by atoms with van der Waals surface area (Å²) in [6, 6.07) is 13.3. The Morgan fingerprint density at radius 3 is 2.48 bits per heavy atom. The lowest BCUT2D eigenvalue weighted by Gasteiger charge is -2.29. The largest absolute Gasteiger partial charge is 0.611 e. The second kappa shape index (κ2) is 3.84. The molecule has 5 rings (SSSR count). The Morgan fingerprint density at radius 2 is 1.65 bits per heavy atom. The smallest absolute Gasteiger partial charge is 0.496 e. The van der Waals surface area contributed by atoms with Crippen LogP contribution < -0.4 is 15.2 Å². The van der Waals surface area contributed by atoms with Gasteiger partial charge in [-0.05, 0) is 24.3 Å². The number of fused-ring (bicyclic) bond motifs is 5. The van der Waals surface area contributed by atoms with Crippen molar-refractivity contribution in [3.8, 4) is 5.88 Å². The molecule has 5 nitrogen and oxygen atoms in total. The lowest BCUT2D eigenvalue weighted by atomic mass is 9.95. The Labute approximate surface area is 128 Å². The molecular weight excluding hydrogens is 301 g/mol. The van der Waals surface area contributed by atoms with Crippen molar-refractivity contribution in [2.45, 2.75) is 0 Å². The van der Waals surface area contributed by atoms with Gasteiger partial charge in [-0.3, -0.25) is 0 Å². The van der Waals surface area contributed by atoms with Crippen LogP contribution >= 0.6 is 0 Å². The number of aromatic nitrogens is 1. The van der Waals surface area contributed by atoms with Crippen molar-refractivity contribution in [2.24, 2.45) is 9.98 Å². The molecule has 2 aromatic carbocycles. The van der Waals surface area contributed by atoms with Crippen molar-refractivity contribution in [1.82, 2.24) is 8.96 Å². The van der Waals surface area contributed by atoms with Crippen molar-refractivity contribution in [1.29, 1.82) is 0 Å². The summed E-state index contributed by atoms with van der Waals surface area (Å²) >= 11 is 0. The van der Waals surface area contributed by atoms with E-state index in [0.29, 0.717) is 26.0 Å². The number of nitrogens with zero attached hydrogens (tertiary/aromatic N) is 4. The summed E-state index contributed by atoms with van der Waals surface area (Å²) in [5.41, 5.74) is 0. The van der Waals surface area contributed by atoms with E-state index in [2.05, 4.69) is 9.98 Å². The van der Waals surface area contributed by atoms with Gasteiger partial charge in [-0.25, -0.2) is 0 Å². The third kappa shape index (κ3) is 1.38. The Balaban J connectivity index is 2.00. The van der Waals surface area contributed by atoms with Gasteiger partial charge in [0.05, 0.1) is 0 Å². The van der Waals surface area contributed by atoms with Crippen LogP contribution in [0, 0.1) is 0 Å². The van der Waals surface area contributed by atoms with Crippen molar-refractivity contribution in [3.63, 3.8) is 0 Å². The lowest BCUT2D eigenvalue weighted by molar-refractivity contribution is 0.427. The molecule has 8 heteroatoms. The van der Waals surface area contributed by atoms with Gasteiger partial charge in [0.1, 0.15) is 5.36 Å². The molecule has 3 heterocycles. The van der Waals surface area contributed by atoms with E-state index in [0.717, 1.165) is 4.49 Å². The lowest BCUT2D eigenvalue weighted by Crippen LogP contribution is -2.58. The van der Waals surface area contributed by atoms with Crippen LogP contribution in [0.25, 0.3) is 10.8 Å². The maximum Gasteiger partial charge on any atom is 0.611 e. The fourth-order valence-electron chi connectivity index (χ4n) is 3.27. The normalized spacial score (nSPS) is 17.3. The minimum absolute atomic E-state index is 0.0332. The molecular formula is C15H9BF2N4O. The van der Waals surface area contributed by atoms with Crippen LogP contribution in [0.4, 0.5) is 14.4 Å². The van der Waals surface area contributed by atoms with Crippen LogP contribution in [-0.2, 0) is 0 Å². The van der Waals surface area contributed by atoms with E-state index in [4.69, 9.17) is 0 Å². The minimum atomic E-state index is -4.29. The van der Waals surface area contributed by atoms with E-state index in [1.54, 1.807) is 48.5 Å². The van der Waals surface area contributed by atoms with E-state index < -0.39 is 12.9 Å². The summed E-state index contributed by atoms with van der Waals surface area (Å²) < 4.78 is 31.8. The number of guanidine groups is 1. The van der Waals surface area contributed by atoms with Gasteiger partial charge >= 0.3 is 12.9 Å². The van der Waals surface area contributed by atoms with Gasteiger partial charge < -0.3 is 22.7 Å². The average Bonchev–Trinajstić information content (AvgIpc) is 3.05. The fraction of sp³-hybridized carbons (Fsp3) is 0. The minimum Gasteiger partial charge on any atom is -0.496 e. The van der Waals surface area contributed by atoms with Crippen LogP contribution in [-0.4, -0.2) is 22.5 Å². The van der Waals surface area contributed by atoms with Crippen LogP contribution in [0.1, 0.15) is 0 Å². The fourth-order valence-corrected chi connectivity index (χ4v) is 3.27. The number of aromatic hydroxyl groups is 1. The summed E-state index contributed by atoms with van der Waals surface area (Å²) in [5, 5.41) is 11.9. The van der Waals surface area contributed by atoms with Gasteiger partial charge in [0.15, 0.2) is 17.1 Å².